The largest absolute Gasteiger partial charge is 0.293 e. The first-order valence-electron chi connectivity index (χ1n) is 9.27. The van der Waals surface area contributed by atoms with Crippen LogP contribution in [0.1, 0.15) is 44.5 Å². The number of hydrogen-bond donors (Lipinski definition) is 0. The third kappa shape index (κ3) is 1.41. The summed E-state index contributed by atoms with van der Waals surface area (Å²) in [4.78, 5) is 25.5. The third-order valence-electron chi connectivity index (χ3n) is 2.51. The van der Waals surface area contributed by atoms with Gasteiger partial charge in [0, 0.05) is 11.1 Å². The van der Waals surface area contributed by atoms with Crippen molar-refractivity contribution in [2.45, 2.75) is 5.92 Å². The maximum absolute atomic E-state index is 12.8. The van der Waals surface area contributed by atoms with Gasteiger partial charge in [-0.15, -0.1) is 0 Å². The van der Waals surface area contributed by atoms with E-state index in [0.29, 0.717) is 0 Å². The third-order valence-corrected chi connectivity index (χ3v) is 2.51. The second-order valence-electron chi connectivity index (χ2n) is 3.45. The molecule has 2 aromatic rings. The van der Waals surface area contributed by atoms with Crippen molar-refractivity contribution in [1.29, 1.82) is 0 Å². The highest BCUT2D eigenvalue weighted by molar-refractivity contribution is 6.29. The van der Waals surface area contributed by atoms with Crippen LogP contribution in [-0.2, 0) is 0 Å². The summed E-state index contributed by atoms with van der Waals surface area (Å²) >= 11 is 0. The Bertz CT molecular complexity index is 953. The smallest absolute Gasteiger partial charge is 0.178 e. The van der Waals surface area contributed by atoms with Crippen molar-refractivity contribution in [1.82, 2.24) is 0 Å². The molecule has 2 heteroatoms. The van der Waals surface area contributed by atoms with E-state index in [-0.39, 0.29) is 0 Å². The first-order chi connectivity index (χ1) is 12.0. The second kappa shape index (κ2) is 3.67. The van der Waals surface area contributed by atoms with Crippen LogP contribution in [0.15, 0.2) is 54.4 Å². The Hall–Kier alpha value is -2.22. The first kappa shape index (κ1) is 4.22. The molecule has 0 unspecified atom stereocenters. The van der Waals surface area contributed by atoms with Crippen molar-refractivity contribution in [2.75, 3.05) is 0 Å². The van der Waals surface area contributed by atoms with Crippen LogP contribution in [0.4, 0.5) is 0 Å². The van der Waals surface area contributed by atoms with Gasteiger partial charge < -0.3 is 0 Å². The summed E-state index contributed by atoms with van der Waals surface area (Å²) in [6.07, 6.45) is 0. The molecule has 0 saturated heterocycles. The Kier molecular flexibility index (Phi) is 0.910. The Morgan fingerprint density at radius 1 is 0.765 bits per heavy atom. The molecule has 2 aromatic carbocycles. The highest BCUT2D eigenvalue weighted by Gasteiger charge is 2.38. The van der Waals surface area contributed by atoms with Crippen LogP contribution >= 0.6 is 0 Å². The predicted octanol–water partition coefficient (Wildman–Crippen LogP) is 2.85. The molecular formula is C15H10O2. The van der Waals surface area contributed by atoms with Gasteiger partial charge in [0.15, 0.2) is 11.6 Å². The lowest BCUT2D eigenvalue weighted by Gasteiger charge is -2.05. The molecule has 0 amide bonds. The molecule has 0 heterocycles. The van der Waals surface area contributed by atoms with E-state index in [1.807, 2.05) is 0 Å². The van der Waals surface area contributed by atoms with Gasteiger partial charge in [0.25, 0.3) is 0 Å². The van der Waals surface area contributed by atoms with Gasteiger partial charge in [-0.05, 0) is 5.56 Å². The van der Waals surface area contributed by atoms with E-state index < -0.39 is 88.6 Å². The van der Waals surface area contributed by atoms with Gasteiger partial charge in [-0.25, -0.2) is 0 Å². The maximum atomic E-state index is 12.8. The molecule has 0 atom stereocenters. The molecular weight excluding hydrogens is 212 g/mol. The number of benzene rings is 2. The SMILES string of the molecule is [2H]c1c([2H])c([2H])c(C2C(=O)c3c([2H])c([2H])c([2H])c([2H])c3C2=O)c([2H])c1[2H]. The average molecular weight is 231 g/mol. The lowest BCUT2D eigenvalue weighted by Crippen LogP contribution is -2.12. The van der Waals surface area contributed by atoms with Crippen LogP contribution in [0.2, 0.25) is 0 Å². The lowest BCUT2D eigenvalue weighted by molar-refractivity contribution is 0.0890. The Morgan fingerprint density at radius 2 is 1.24 bits per heavy atom. The maximum Gasteiger partial charge on any atom is 0.178 e. The van der Waals surface area contributed by atoms with E-state index in [0.717, 1.165) is 0 Å². The van der Waals surface area contributed by atoms with Gasteiger partial charge in [-0.1, -0.05) is 54.4 Å². The summed E-state index contributed by atoms with van der Waals surface area (Å²) in [6, 6.07) is -6.27. The zero-order chi connectivity index (χ0) is 19.7. The number of carbonyl (C=O) groups is 2. The summed E-state index contributed by atoms with van der Waals surface area (Å²) in [6.45, 7) is 0. The summed E-state index contributed by atoms with van der Waals surface area (Å²) in [5.41, 5.74) is -1.56. The lowest BCUT2D eigenvalue weighted by atomic mass is 9.94. The number of Topliss-reactive ketones (excluding diaryl/α,β-unsaturated/α-hetero) is 2. The molecule has 82 valence electrons. The summed E-state index contributed by atoms with van der Waals surface area (Å²) in [5.74, 6) is -3.81. The van der Waals surface area contributed by atoms with Crippen molar-refractivity contribution in [3.63, 3.8) is 0 Å². The summed E-state index contributed by atoms with van der Waals surface area (Å²) in [7, 11) is 0. The molecule has 2 nitrogen and oxygen atoms in total. The first-order valence-corrected chi connectivity index (χ1v) is 4.77. The minimum Gasteiger partial charge on any atom is -0.293 e. The van der Waals surface area contributed by atoms with E-state index in [1.165, 1.54) is 0 Å². The van der Waals surface area contributed by atoms with Gasteiger partial charge in [0.05, 0.1) is 12.3 Å². The van der Waals surface area contributed by atoms with Crippen molar-refractivity contribution < 1.29 is 21.9 Å². The molecule has 0 aromatic heterocycles. The van der Waals surface area contributed by atoms with Gasteiger partial charge in [-0.3, -0.25) is 9.59 Å². The van der Waals surface area contributed by atoms with Crippen LogP contribution < -0.4 is 0 Å². The van der Waals surface area contributed by atoms with Crippen LogP contribution in [0.5, 0.6) is 0 Å². The second-order valence-corrected chi connectivity index (χ2v) is 3.45. The minimum absolute atomic E-state index is 0.516. The molecule has 17 heavy (non-hydrogen) atoms. The molecule has 0 bridgehead atoms. The number of ketones is 2. The highest BCUT2D eigenvalue weighted by Crippen LogP contribution is 2.33. The van der Waals surface area contributed by atoms with E-state index in [2.05, 4.69) is 0 Å². The summed E-state index contributed by atoms with van der Waals surface area (Å²) < 4.78 is 69.8. The Labute approximate surface area is 112 Å². The van der Waals surface area contributed by atoms with E-state index in [4.69, 9.17) is 12.3 Å². The minimum atomic E-state index is -1.80. The molecule has 1 aliphatic carbocycles. The fraction of sp³-hybridized carbons (Fsp3) is 0.0667. The topological polar surface area (TPSA) is 34.1 Å². The molecule has 3 rings (SSSR count). The van der Waals surface area contributed by atoms with E-state index in [1.54, 1.807) is 0 Å². The molecule has 1 aliphatic rings. The van der Waals surface area contributed by atoms with Crippen molar-refractivity contribution in [3.8, 4) is 0 Å². The fourth-order valence-electron chi connectivity index (χ4n) is 1.76. The highest BCUT2D eigenvalue weighted by atomic mass is 16.2. The number of carbonyl (C=O) groups excluding carboxylic acids is 2. The molecule has 0 saturated carbocycles. The number of fused-ring (bicyclic) bond motifs is 1. The van der Waals surface area contributed by atoms with Crippen LogP contribution in [0.3, 0.4) is 0 Å². The molecule has 0 aliphatic heterocycles. The van der Waals surface area contributed by atoms with Crippen LogP contribution in [0, 0.1) is 0 Å². The Morgan fingerprint density at radius 3 is 1.76 bits per heavy atom. The summed E-state index contributed by atoms with van der Waals surface area (Å²) in [5, 5.41) is 0. The molecule has 0 radical (unpaired) electrons. The van der Waals surface area contributed by atoms with Crippen LogP contribution in [-0.4, -0.2) is 11.6 Å². The molecule has 0 spiro atoms. The van der Waals surface area contributed by atoms with Crippen molar-refractivity contribution in [3.05, 3.63) is 71.1 Å². The molecule has 0 fully saturated rings. The monoisotopic (exact) mass is 231 g/mol. The normalized spacial score (nSPS) is 22.5. The van der Waals surface area contributed by atoms with Gasteiger partial charge in [0.2, 0.25) is 0 Å². The fourth-order valence-corrected chi connectivity index (χ4v) is 1.76. The van der Waals surface area contributed by atoms with Gasteiger partial charge in [-0.2, -0.15) is 0 Å². The standard InChI is InChI=1S/C15H10O2/c16-14-11-8-4-5-9-12(11)15(17)13(14)10-6-2-1-3-7-10/h1-9,13H/i1D,2D,3D,4D,5D,6D,7D,8D,9D. The van der Waals surface area contributed by atoms with E-state index >= 15 is 0 Å². The van der Waals surface area contributed by atoms with Crippen molar-refractivity contribution in [2.24, 2.45) is 0 Å². The molecule has 0 N–H and O–H groups in total. The zero-order valence-electron chi connectivity index (χ0n) is 17.4. The average Bonchev–Trinajstić information content (AvgIpc) is 2.86. The van der Waals surface area contributed by atoms with Gasteiger partial charge in [0.1, 0.15) is 5.92 Å². The predicted molar refractivity (Wildman–Crippen MR) is 64.3 cm³/mol. The number of hydrogen-bond acceptors (Lipinski definition) is 2. The van der Waals surface area contributed by atoms with Gasteiger partial charge >= 0.3 is 0 Å². The quantitative estimate of drug-likeness (QED) is 0.707. The number of rotatable bonds is 1. The zero-order valence-corrected chi connectivity index (χ0v) is 8.39. The van der Waals surface area contributed by atoms with Crippen LogP contribution in [0.25, 0.3) is 0 Å². The Balaban J connectivity index is 2.36. The van der Waals surface area contributed by atoms with Crippen molar-refractivity contribution >= 4 is 11.6 Å². The van der Waals surface area contributed by atoms with E-state index in [9.17, 15) is 9.59 Å².